The highest BCUT2D eigenvalue weighted by molar-refractivity contribution is 8.00. The quantitative estimate of drug-likeness (QED) is 0.180. The van der Waals surface area contributed by atoms with Gasteiger partial charge in [-0.1, -0.05) is 103 Å². The van der Waals surface area contributed by atoms with Crippen LogP contribution >= 0.6 is 11.8 Å². The van der Waals surface area contributed by atoms with Crippen LogP contribution in [0, 0.1) is 0 Å². The van der Waals surface area contributed by atoms with Crippen molar-refractivity contribution in [1.29, 1.82) is 0 Å². The van der Waals surface area contributed by atoms with Gasteiger partial charge in [0.25, 0.3) is 6.29 Å². The van der Waals surface area contributed by atoms with E-state index in [0.717, 1.165) is 67.4 Å². The smallest absolute Gasteiger partial charge is 0.272 e. The molecule has 6 aliphatic heterocycles. The average Bonchev–Trinajstić information content (AvgIpc) is 4.03. The summed E-state index contributed by atoms with van der Waals surface area (Å²) in [6.07, 6.45) is 3.20. The standard InChI is InChI=1S/C49H44N4O3S/c1-5-19-36-32(14-1)27-28-50-46(36)53-39-22-8-6-20-37(39)51-48(44-30-34-16-3-9-23-40(34)54-44,47-55-41-24-10-11-25-42(41)56-47)49(53,45-31-35-17-4-12-26-43(35)57-45)52-29-13-18-33-15-2-7-21-38(33)52/h1-12,14-17,19-26,44-47,50-51H,13,18,27-31H2. The van der Waals surface area contributed by atoms with Crippen LogP contribution in [-0.2, 0) is 25.7 Å². The summed E-state index contributed by atoms with van der Waals surface area (Å²) in [7, 11) is 0. The summed E-state index contributed by atoms with van der Waals surface area (Å²) in [6, 6.07) is 52.8. The molecule has 0 aliphatic carbocycles. The highest BCUT2D eigenvalue weighted by atomic mass is 32.2. The number of nitrogens with one attached hydrogen (secondary N) is 2. The molecular formula is C49H44N4O3S. The van der Waals surface area contributed by atoms with E-state index in [4.69, 9.17) is 14.2 Å². The lowest BCUT2D eigenvalue weighted by Crippen LogP contribution is -2.89. The van der Waals surface area contributed by atoms with E-state index in [1.165, 1.54) is 38.4 Å². The first-order valence-electron chi connectivity index (χ1n) is 20.5. The Morgan fingerprint density at radius 2 is 1.26 bits per heavy atom. The van der Waals surface area contributed by atoms with Gasteiger partial charge in [0.15, 0.2) is 22.7 Å². The van der Waals surface area contributed by atoms with Crippen molar-refractivity contribution in [3.63, 3.8) is 0 Å². The summed E-state index contributed by atoms with van der Waals surface area (Å²) in [5, 5.41) is 8.51. The first kappa shape index (κ1) is 33.6. The second-order valence-electron chi connectivity index (χ2n) is 16.1. The molecule has 12 rings (SSSR count). The Hall–Kier alpha value is -5.57. The van der Waals surface area contributed by atoms with Crippen molar-refractivity contribution in [2.45, 2.75) is 72.0 Å². The Morgan fingerprint density at radius 3 is 2.07 bits per heavy atom. The minimum atomic E-state index is -1.04. The lowest BCUT2D eigenvalue weighted by Gasteiger charge is -2.69. The fourth-order valence-electron chi connectivity index (χ4n) is 11.0. The van der Waals surface area contributed by atoms with Gasteiger partial charge in [-0.05, 0) is 96.0 Å². The molecule has 6 aromatic carbocycles. The second kappa shape index (κ2) is 13.0. The molecule has 0 saturated carbocycles. The summed E-state index contributed by atoms with van der Waals surface area (Å²) in [4.78, 5) is 6.88. The predicted molar refractivity (Wildman–Crippen MR) is 227 cm³/mol. The van der Waals surface area contributed by atoms with Gasteiger partial charge in [0.2, 0.25) is 0 Å². The molecule has 57 heavy (non-hydrogen) atoms. The molecule has 284 valence electrons. The topological polar surface area (TPSA) is 58.2 Å². The summed E-state index contributed by atoms with van der Waals surface area (Å²) < 4.78 is 22.1. The van der Waals surface area contributed by atoms with E-state index in [2.05, 4.69) is 142 Å². The van der Waals surface area contributed by atoms with Gasteiger partial charge in [0.05, 0.1) is 16.6 Å². The number of anilines is 3. The monoisotopic (exact) mass is 768 g/mol. The van der Waals surface area contributed by atoms with Gasteiger partial charge in [0.1, 0.15) is 18.0 Å². The molecule has 0 spiro atoms. The maximum absolute atomic E-state index is 7.45. The van der Waals surface area contributed by atoms with Crippen molar-refractivity contribution >= 4 is 28.8 Å². The SMILES string of the molecule is c1ccc2c(c1)CC(C1(C3Oc4ccccc4O3)Nc3ccccc3N(C3NCCc4ccccc43)C1(C1Cc3ccccc3S1)N1CCCc3ccccc31)O2. The Kier molecular flexibility index (Phi) is 7.64. The molecule has 5 atom stereocenters. The number of hydrogen-bond donors (Lipinski definition) is 2. The normalized spacial score (nSPS) is 26.7. The molecule has 5 unspecified atom stereocenters. The predicted octanol–water partition coefficient (Wildman–Crippen LogP) is 9.17. The molecule has 6 aliphatic rings. The zero-order valence-corrected chi connectivity index (χ0v) is 32.5. The van der Waals surface area contributed by atoms with Crippen molar-refractivity contribution in [3.8, 4) is 17.2 Å². The van der Waals surface area contributed by atoms with E-state index < -0.39 is 23.6 Å². The van der Waals surface area contributed by atoms with Crippen molar-refractivity contribution in [2.75, 3.05) is 28.2 Å². The zero-order valence-electron chi connectivity index (χ0n) is 31.6. The van der Waals surface area contributed by atoms with Crippen LogP contribution in [0.3, 0.4) is 0 Å². The van der Waals surface area contributed by atoms with Gasteiger partial charge in [-0.3, -0.25) is 5.32 Å². The van der Waals surface area contributed by atoms with Gasteiger partial charge < -0.3 is 29.3 Å². The fourth-order valence-corrected chi connectivity index (χ4v) is 12.6. The van der Waals surface area contributed by atoms with E-state index in [1.807, 2.05) is 36.0 Å². The minimum absolute atomic E-state index is 0.0129. The van der Waals surface area contributed by atoms with E-state index in [-0.39, 0.29) is 11.4 Å². The Labute approximate surface area is 338 Å². The molecule has 6 aromatic rings. The van der Waals surface area contributed by atoms with Crippen LogP contribution in [0.5, 0.6) is 17.2 Å². The third-order valence-corrected chi connectivity index (χ3v) is 14.7. The van der Waals surface area contributed by atoms with E-state index in [9.17, 15) is 0 Å². The van der Waals surface area contributed by atoms with Gasteiger partial charge in [-0.25, -0.2) is 0 Å². The van der Waals surface area contributed by atoms with Gasteiger partial charge >= 0.3 is 0 Å². The molecule has 0 saturated heterocycles. The van der Waals surface area contributed by atoms with Crippen LogP contribution in [0.15, 0.2) is 150 Å². The molecule has 0 aromatic heterocycles. The third kappa shape index (κ3) is 4.83. The number of para-hydroxylation sites is 6. The Balaban J connectivity index is 1.22. The number of benzene rings is 6. The van der Waals surface area contributed by atoms with Crippen molar-refractivity contribution in [2.24, 2.45) is 0 Å². The maximum Gasteiger partial charge on any atom is 0.272 e. The van der Waals surface area contributed by atoms with Crippen LogP contribution in [0.4, 0.5) is 17.1 Å². The first-order valence-corrected chi connectivity index (χ1v) is 21.3. The molecule has 2 N–H and O–H groups in total. The van der Waals surface area contributed by atoms with Crippen molar-refractivity contribution < 1.29 is 14.2 Å². The lowest BCUT2D eigenvalue weighted by atomic mass is 9.67. The number of thioether (sulfide) groups is 1. The van der Waals surface area contributed by atoms with Gasteiger partial charge in [0, 0.05) is 30.1 Å². The Bertz CT molecular complexity index is 2400. The highest BCUT2D eigenvalue weighted by Gasteiger charge is 2.76. The van der Waals surface area contributed by atoms with Gasteiger partial charge in [-0.15, -0.1) is 11.8 Å². The molecule has 0 amide bonds. The largest absolute Gasteiger partial charge is 0.487 e. The number of fused-ring (bicyclic) bond motifs is 6. The third-order valence-electron chi connectivity index (χ3n) is 13.3. The van der Waals surface area contributed by atoms with E-state index >= 15 is 0 Å². The van der Waals surface area contributed by atoms with E-state index in [1.54, 1.807) is 0 Å². The van der Waals surface area contributed by atoms with Crippen LogP contribution in [0.1, 0.15) is 40.4 Å². The van der Waals surface area contributed by atoms with Crippen molar-refractivity contribution in [1.82, 2.24) is 5.32 Å². The molecule has 0 radical (unpaired) electrons. The molecule has 8 heteroatoms. The molecule has 6 heterocycles. The van der Waals surface area contributed by atoms with Crippen LogP contribution in [0.25, 0.3) is 0 Å². The number of rotatable bonds is 5. The summed E-state index contributed by atoms with van der Waals surface area (Å²) in [5.74, 6) is 2.42. The van der Waals surface area contributed by atoms with Crippen molar-refractivity contribution in [3.05, 3.63) is 173 Å². The number of hydrogen-bond acceptors (Lipinski definition) is 8. The summed E-state index contributed by atoms with van der Waals surface area (Å²) in [6.45, 7) is 1.71. The van der Waals surface area contributed by atoms with Crippen LogP contribution in [0.2, 0.25) is 0 Å². The van der Waals surface area contributed by atoms with Crippen LogP contribution < -0.4 is 34.6 Å². The highest BCUT2D eigenvalue weighted by Crippen LogP contribution is 2.63. The molecule has 7 nitrogen and oxygen atoms in total. The second-order valence-corrected chi connectivity index (χ2v) is 17.4. The fraction of sp³-hybridized carbons (Fsp3) is 0.265. The number of ether oxygens (including phenoxy) is 3. The summed E-state index contributed by atoms with van der Waals surface area (Å²) >= 11 is 2.00. The minimum Gasteiger partial charge on any atom is -0.487 e. The van der Waals surface area contributed by atoms with Gasteiger partial charge in [-0.2, -0.15) is 0 Å². The average molecular weight is 769 g/mol. The zero-order chi connectivity index (χ0) is 37.6. The molecular weight excluding hydrogens is 725 g/mol. The Morgan fingerprint density at radius 1 is 0.596 bits per heavy atom. The molecule has 0 bridgehead atoms. The summed E-state index contributed by atoms with van der Waals surface area (Å²) in [5.41, 5.74) is 8.11. The van der Waals surface area contributed by atoms with Crippen LogP contribution in [-0.4, -0.2) is 41.9 Å². The number of aryl methyl sites for hydroxylation is 1. The first-order chi connectivity index (χ1) is 28.2. The van der Waals surface area contributed by atoms with E-state index in [0.29, 0.717) is 6.42 Å². The maximum atomic E-state index is 7.45. The number of nitrogens with zero attached hydrogens (tertiary/aromatic N) is 2. The molecule has 0 fully saturated rings. The lowest BCUT2D eigenvalue weighted by molar-refractivity contribution is -0.0923.